The van der Waals surface area contributed by atoms with Crippen LogP contribution in [0.5, 0.6) is 0 Å². The summed E-state index contributed by atoms with van der Waals surface area (Å²) in [4.78, 5) is 30.3. The molecule has 1 heterocycles. The highest BCUT2D eigenvalue weighted by Gasteiger charge is 2.18. The van der Waals surface area contributed by atoms with Gasteiger partial charge in [-0.1, -0.05) is 0 Å². The van der Waals surface area contributed by atoms with Crippen molar-refractivity contribution in [1.82, 2.24) is 9.97 Å². The number of carbonyl (C=O) groups excluding carboxylic acids is 2. The van der Waals surface area contributed by atoms with Crippen LogP contribution in [-0.2, 0) is 9.47 Å². The zero-order valence-corrected chi connectivity index (χ0v) is 11.7. The Balaban J connectivity index is 2.87. The van der Waals surface area contributed by atoms with Crippen LogP contribution in [0.4, 0.5) is 10.6 Å². The standard InChI is InChI=1S/C11H14ClN3O4/c1-11(2,3)19-10(17)15-7-5-6(8(16)18-4)13-9(12)14-7/h5H,1-4H3,(H,13,14,15,17). The van der Waals surface area contributed by atoms with E-state index in [1.54, 1.807) is 20.8 Å². The monoisotopic (exact) mass is 287 g/mol. The molecule has 1 N–H and O–H groups in total. The minimum atomic E-state index is -0.710. The van der Waals surface area contributed by atoms with Crippen molar-refractivity contribution in [2.45, 2.75) is 26.4 Å². The van der Waals surface area contributed by atoms with Gasteiger partial charge in [-0.25, -0.2) is 19.6 Å². The van der Waals surface area contributed by atoms with E-state index in [2.05, 4.69) is 20.0 Å². The van der Waals surface area contributed by atoms with E-state index in [4.69, 9.17) is 16.3 Å². The molecule has 0 unspecified atom stereocenters. The Morgan fingerprint density at radius 1 is 1.32 bits per heavy atom. The number of carbonyl (C=O) groups is 2. The summed E-state index contributed by atoms with van der Waals surface area (Å²) in [6, 6.07) is 1.24. The summed E-state index contributed by atoms with van der Waals surface area (Å²) in [6.07, 6.45) is -0.710. The minimum Gasteiger partial charge on any atom is -0.464 e. The maximum atomic E-state index is 11.5. The van der Waals surface area contributed by atoms with Gasteiger partial charge in [0.25, 0.3) is 0 Å². The van der Waals surface area contributed by atoms with Gasteiger partial charge in [0.1, 0.15) is 11.4 Å². The highest BCUT2D eigenvalue weighted by molar-refractivity contribution is 6.28. The third-order valence-electron chi connectivity index (χ3n) is 1.72. The number of hydrogen-bond donors (Lipinski definition) is 1. The van der Waals surface area contributed by atoms with Gasteiger partial charge in [-0.2, -0.15) is 0 Å². The molecule has 0 atom stereocenters. The molecule has 1 rings (SSSR count). The van der Waals surface area contributed by atoms with Crippen molar-refractivity contribution in [2.24, 2.45) is 0 Å². The fourth-order valence-electron chi connectivity index (χ4n) is 1.10. The molecule has 1 amide bonds. The first-order chi connectivity index (χ1) is 8.71. The summed E-state index contributed by atoms with van der Waals surface area (Å²) < 4.78 is 9.54. The maximum absolute atomic E-state index is 11.5. The van der Waals surface area contributed by atoms with Gasteiger partial charge in [0.2, 0.25) is 5.28 Å². The molecule has 0 saturated heterocycles. The number of anilines is 1. The second kappa shape index (κ2) is 5.83. The van der Waals surface area contributed by atoms with Crippen LogP contribution in [0.1, 0.15) is 31.3 Å². The van der Waals surface area contributed by atoms with Crippen molar-refractivity contribution in [3.8, 4) is 0 Å². The van der Waals surface area contributed by atoms with Crippen LogP contribution in [0.15, 0.2) is 6.07 Å². The molecule has 1 aromatic heterocycles. The molecular formula is C11H14ClN3O4. The predicted molar refractivity (Wildman–Crippen MR) is 68.2 cm³/mol. The summed E-state index contributed by atoms with van der Waals surface area (Å²) in [5.74, 6) is -0.633. The number of rotatable bonds is 2. The molecule has 0 aliphatic carbocycles. The Kier molecular flexibility index (Phi) is 4.66. The van der Waals surface area contributed by atoms with Crippen LogP contribution < -0.4 is 5.32 Å². The largest absolute Gasteiger partial charge is 0.464 e. The molecule has 104 valence electrons. The van der Waals surface area contributed by atoms with Gasteiger partial charge in [-0.3, -0.25) is 5.32 Å². The number of nitrogens with one attached hydrogen (secondary N) is 1. The molecular weight excluding hydrogens is 274 g/mol. The quantitative estimate of drug-likeness (QED) is 0.663. The first-order valence-corrected chi connectivity index (χ1v) is 5.72. The molecule has 1 aromatic rings. The van der Waals surface area contributed by atoms with E-state index in [9.17, 15) is 9.59 Å². The molecule has 0 spiro atoms. The Hall–Kier alpha value is -1.89. The molecule has 19 heavy (non-hydrogen) atoms. The third kappa shape index (κ3) is 5.09. The van der Waals surface area contributed by atoms with Crippen LogP contribution in [0, 0.1) is 0 Å². The lowest BCUT2D eigenvalue weighted by Gasteiger charge is -2.19. The number of amides is 1. The highest BCUT2D eigenvalue weighted by Crippen LogP contribution is 2.13. The second-order valence-electron chi connectivity index (χ2n) is 4.53. The summed E-state index contributed by atoms with van der Waals surface area (Å²) in [5.41, 5.74) is -0.708. The van der Waals surface area contributed by atoms with E-state index in [1.165, 1.54) is 13.2 Å². The average Bonchev–Trinajstić information content (AvgIpc) is 2.24. The van der Waals surface area contributed by atoms with Gasteiger partial charge >= 0.3 is 12.1 Å². The van der Waals surface area contributed by atoms with Crippen LogP contribution in [0.25, 0.3) is 0 Å². The molecule has 0 aliphatic heterocycles. The normalized spacial score (nSPS) is 10.8. The van der Waals surface area contributed by atoms with E-state index >= 15 is 0 Å². The van der Waals surface area contributed by atoms with Crippen molar-refractivity contribution in [2.75, 3.05) is 12.4 Å². The van der Waals surface area contributed by atoms with Crippen molar-refractivity contribution >= 4 is 29.5 Å². The Morgan fingerprint density at radius 2 is 1.95 bits per heavy atom. The minimum absolute atomic E-state index is 0.0506. The van der Waals surface area contributed by atoms with E-state index < -0.39 is 17.7 Å². The van der Waals surface area contributed by atoms with Crippen molar-refractivity contribution in [3.05, 3.63) is 17.0 Å². The fraction of sp³-hybridized carbons (Fsp3) is 0.455. The lowest BCUT2D eigenvalue weighted by atomic mass is 10.2. The molecule has 0 bridgehead atoms. The zero-order chi connectivity index (χ0) is 14.6. The number of halogens is 1. The first kappa shape index (κ1) is 15.2. The van der Waals surface area contributed by atoms with Crippen LogP contribution in [0.2, 0.25) is 5.28 Å². The molecule has 0 aromatic carbocycles. The zero-order valence-electron chi connectivity index (χ0n) is 11.0. The van der Waals surface area contributed by atoms with E-state index in [-0.39, 0.29) is 16.8 Å². The van der Waals surface area contributed by atoms with Gasteiger partial charge in [-0.05, 0) is 32.4 Å². The predicted octanol–water partition coefficient (Wildman–Crippen LogP) is 2.26. The summed E-state index contributed by atoms with van der Waals surface area (Å²) in [6.45, 7) is 5.16. The molecule has 0 fully saturated rings. The van der Waals surface area contributed by atoms with Crippen LogP contribution in [0.3, 0.4) is 0 Å². The summed E-state index contributed by atoms with van der Waals surface area (Å²) in [5, 5.41) is 2.17. The van der Waals surface area contributed by atoms with Crippen molar-refractivity contribution in [3.63, 3.8) is 0 Å². The van der Waals surface area contributed by atoms with Gasteiger partial charge < -0.3 is 9.47 Å². The molecule has 8 heteroatoms. The molecule has 7 nitrogen and oxygen atoms in total. The van der Waals surface area contributed by atoms with Gasteiger partial charge in [-0.15, -0.1) is 0 Å². The van der Waals surface area contributed by atoms with Crippen LogP contribution in [-0.4, -0.2) is 34.7 Å². The van der Waals surface area contributed by atoms with E-state index in [0.29, 0.717) is 0 Å². The average molecular weight is 288 g/mol. The Bertz CT molecular complexity index is 499. The number of esters is 1. The lowest BCUT2D eigenvalue weighted by Crippen LogP contribution is -2.27. The van der Waals surface area contributed by atoms with Gasteiger partial charge in [0.15, 0.2) is 5.69 Å². The fourth-order valence-corrected chi connectivity index (χ4v) is 1.28. The topological polar surface area (TPSA) is 90.4 Å². The van der Waals surface area contributed by atoms with Crippen molar-refractivity contribution < 1.29 is 19.1 Å². The summed E-state index contributed by atoms with van der Waals surface area (Å²) >= 11 is 5.65. The number of hydrogen-bond acceptors (Lipinski definition) is 6. The Labute approximate surface area is 115 Å². The summed E-state index contributed by atoms with van der Waals surface area (Å²) in [7, 11) is 1.21. The van der Waals surface area contributed by atoms with E-state index in [1.807, 2.05) is 0 Å². The second-order valence-corrected chi connectivity index (χ2v) is 4.86. The molecule has 0 saturated carbocycles. The third-order valence-corrected chi connectivity index (χ3v) is 1.89. The van der Waals surface area contributed by atoms with Gasteiger partial charge in [0, 0.05) is 6.07 Å². The number of aromatic nitrogens is 2. The number of nitrogens with zero attached hydrogens (tertiary/aromatic N) is 2. The molecule has 0 aliphatic rings. The highest BCUT2D eigenvalue weighted by atomic mass is 35.5. The SMILES string of the molecule is COC(=O)c1cc(NC(=O)OC(C)(C)C)nc(Cl)n1. The maximum Gasteiger partial charge on any atom is 0.413 e. The van der Waals surface area contributed by atoms with Crippen LogP contribution >= 0.6 is 11.6 Å². The number of methoxy groups -OCH3 is 1. The lowest BCUT2D eigenvalue weighted by molar-refractivity contribution is 0.0589. The van der Waals surface area contributed by atoms with E-state index in [0.717, 1.165) is 0 Å². The number of ether oxygens (including phenoxy) is 2. The van der Waals surface area contributed by atoms with Gasteiger partial charge in [0.05, 0.1) is 7.11 Å². The smallest absolute Gasteiger partial charge is 0.413 e. The Morgan fingerprint density at radius 3 is 2.47 bits per heavy atom. The van der Waals surface area contributed by atoms with Crippen molar-refractivity contribution in [1.29, 1.82) is 0 Å². The molecule has 0 radical (unpaired) electrons. The first-order valence-electron chi connectivity index (χ1n) is 5.34.